The van der Waals surface area contributed by atoms with Crippen LogP contribution in [0.15, 0.2) is 23.1 Å². The van der Waals surface area contributed by atoms with Gasteiger partial charge < -0.3 is 5.32 Å². The molecule has 1 aromatic rings. The summed E-state index contributed by atoms with van der Waals surface area (Å²) in [4.78, 5) is 12.6. The Morgan fingerprint density at radius 2 is 2.17 bits per heavy atom. The van der Waals surface area contributed by atoms with Gasteiger partial charge in [0.05, 0.1) is 22.1 Å². The molecule has 1 aliphatic heterocycles. The summed E-state index contributed by atoms with van der Waals surface area (Å²) in [5.74, 6) is -0.243. The molecule has 0 saturated carbocycles. The lowest BCUT2D eigenvalue weighted by molar-refractivity contribution is 0.0941. The molecule has 1 amide bonds. The average Bonchev–Trinajstić information content (AvgIpc) is 2.61. The number of benzene rings is 1. The molecule has 1 fully saturated rings. The number of carbonyl (C=O) groups excluding carboxylic acids is 1. The van der Waals surface area contributed by atoms with Crippen LogP contribution in [0.2, 0.25) is 5.02 Å². The molecule has 0 bridgehead atoms. The average molecular weight is 306 g/mol. The van der Waals surface area contributed by atoms with E-state index in [1.165, 1.54) is 0 Å². The van der Waals surface area contributed by atoms with Gasteiger partial charge in [-0.05, 0) is 24.6 Å². The number of sulfone groups is 1. The fourth-order valence-corrected chi connectivity index (χ4v) is 3.94. The van der Waals surface area contributed by atoms with E-state index >= 15 is 0 Å². The van der Waals surface area contributed by atoms with Crippen LogP contribution >= 0.6 is 24.2 Å². The van der Waals surface area contributed by atoms with Crippen molar-refractivity contribution in [1.82, 2.24) is 5.32 Å². The van der Waals surface area contributed by atoms with Crippen molar-refractivity contribution in [3.05, 3.63) is 28.8 Å². The molecule has 1 heterocycles. The molecule has 1 unspecified atom stereocenters. The summed E-state index contributed by atoms with van der Waals surface area (Å²) in [6.45, 7) is 0. The van der Waals surface area contributed by atoms with Crippen LogP contribution in [-0.4, -0.2) is 31.9 Å². The highest BCUT2D eigenvalue weighted by molar-refractivity contribution is 7.91. The van der Waals surface area contributed by atoms with E-state index in [9.17, 15) is 13.2 Å². The highest BCUT2D eigenvalue weighted by Gasteiger charge is 2.29. The second-order valence-electron chi connectivity index (χ2n) is 4.24. The zero-order valence-electron chi connectivity index (χ0n) is 9.39. The second kappa shape index (κ2) is 5.11. The lowest BCUT2D eigenvalue weighted by atomic mass is 10.2. The van der Waals surface area contributed by atoms with Crippen LogP contribution < -0.4 is 5.32 Å². The Balaban J connectivity index is 2.11. The van der Waals surface area contributed by atoms with Gasteiger partial charge in [0.25, 0.3) is 5.91 Å². The number of thiol groups is 1. The largest absolute Gasteiger partial charge is 0.348 e. The van der Waals surface area contributed by atoms with E-state index in [1.54, 1.807) is 18.2 Å². The minimum atomic E-state index is -3.00. The maximum absolute atomic E-state index is 12.0. The van der Waals surface area contributed by atoms with Crippen LogP contribution in [0.1, 0.15) is 16.8 Å². The van der Waals surface area contributed by atoms with Crippen molar-refractivity contribution >= 4 is 40.0 Å². The monoisotopic (exact) mass is 305 g/mol. The number of nitrogens with one attached hydrogen (secondary N) is 1. The molecule has 1 N–H and O–H groups in total. The van der Waals surface area contributed by atoms with Gasteiger partial charge in [-0.2, -0.15) is 0 Å². The van der Waals surface area contributed by atoms with E-state index in [0.29, 0.717) is 21.9 Å². The SMILES string of the molecule is O=C(NC1CCS(=O)(=O)C1)c1cc(S)ccc1Cl. The topological polar surface area (TPSA) is 63.2 Å². The van der Waals surface area contributed by atoms with Crippen LogP contribution in [0.4, 0.5) is 0 Å². The van der Waals surface area contributed by atoms with Crippen molar-refractivity contribution in [2.24, 2.45) is 0 Å². The molecule has 4 nitrogen and oxygen atoms in total. The Morgan fingerprint density at radius 1 is 1.44 bits per heavy atom. The highest BCUT2D eigenvalue weighted by Crippen LogP contribution is 2.20. The smallest absolute Gasteiger partial charge is 0.253 e. The van der Waals surface area contributed by atoms with Crippen LogP contribution in [0.3, 0.4) is 0 Å². The molecule has 1 aliphatic rings. The van der Waals surface area contributed by atoms with Crippen molar-refractivity contribution < 1.29 is 13.2 Å². The summed E-state index contributed by atoms with van der Waals surface area (Å²) in [5.41, 5.74) is 0.313. The van der Waals surface area contributed by atoms with Gasteiger partial charge in [-0.25, -0.2) is 8.42 Å². The van der Waals surface area contributed by atoms with Gasteiger partial charge in [0, 0.05) is 10.9 Å². The number of hydrogen-bond donors (Lipinski definition) is 2. The molecular weight excluding hydrogens is 294 g/mol. The molecule has 0 aromatic heterocycles. The maximum atomic E-state index is 12.0. The quantitative estimate of drug-likeness (QED) is 0.815. The first kappa shape index (κ1) is 13.7. The van der Waals surface area contributed by atoms with Crippen molar-refractivity contribution in [2.75, 3.05) is 11.5 Å². The van der Waals surface area contributed by atoms with Crippen molar-refractivity contribution in [2.45, 2.75) is 17.4 Å². The molecule has 0 aliphatic carbocycles. The second-order valence-corrected chi connectivity index (χ2v) is 7.39. The van der Waals surface area contributed by atoms with Crippen molar-refractivity contribution in [3.8, 4) is 0 Å². The summed E-state index contributed by atoms with van der Waals surface area (Å²) in [5, 5.41) is 3.01. The summed E-state index contributed by atoms with van der Waals surface area (Å²) < 4.78 is 22.6. The Morgan fingerprint density at radius 3 is 2.78 bits per heavy atom. The molecule has 1 atom stereocenters. The van der Waals surface area contributed by atoms with Crippen molar-refractivity contribution in [1.29, 1.82) is 0 Å². The van der Waals surface area contributed by atoms with Crippen LogP contribution in [0.25, 0.3) is 0 Å². The van der Waals surface area contributed by atoms with Gasteiger partial charge in [0.2, 0.25) is 0 Å². The summed E-state index contributed by atoms with van der Waals surface area (Å²) in [6, 6.07) is 4.50. The molecule has 7 heteroatoms. The minimum absolute atomic E-state index is 0.00305. The summed E-state index contributed by atoms with van der Waals surface area (Å²) in [6.07, 6.45) is 0.451. The Hall–Kier alpha value is -0.720. The molecule has 2 rings (SSSR count). The number of carbonyl (C=O) groups is 1. The summed E-state index contributed by atoms with van der Waals surface area (Å²) in [7, 11) is -3.00. The van der Waals surface area contributed by atoms with Crippen LogP contribution in [0.5, 0.6) is 0 Å². The van der Waals surface area contributed by atoms with Gasteiger partial charge in [-0.15, -0.1) is 12.6 Å². The molecule has 0 radical (unpaired) electrons. The Bertz CT molecular complexity index is 586. The fourth-order valence-electron chi connectivity index (χ4n) is 1.86. The lowest BCUT2D eigenvalue weighted by Gasteiger charge is -2.12. The van der Waals surface area contributed by atoms with Gasteiger partial charge in [-0.3, -0.25) is 4.79 Å². The van der Waals surface area contributed by atoms with Gasteiger partial charge in [0.15, 0.2) is 9.84 Å². The first-order valence-corrected chi connectivity index (χ1v) is 8.02. The van der Waals surface area contributed by atoms with Gasteiger partial charge in [0.1, 0.15) is 0 Å². The van der Waals surface area contributed by atoms with Crippen LogP contribution in [0, 0.1) is 0 Å². The van der Waals surface area contributed by atoms with E-state index in [-0.39, 0.29) is 23.5 Å². The van der Waals surface area contributed by atoms with Gasteiger partial charge >= 0.3 is 0 Å². The third-order valence-corrected chi connectivity index (χ3v) is 5.14. The first-order chi connectivity index (χ1) is 8.37. The number of hydrogen-bond acceptors (Lipinski definition) is 4. The van der Waals surface area contributed by atoms with E-state index < -0.39 is 9.84 Å². The maximum Gasteiger partial charge on any atom is 0.253 e. The van der Waals surface area contributed by atoms with E-state index in [4.69, 9.17) is 11.6 Å². The predicted molar refractivity (Wildman–Crippen MR) is 73.2 cm³/mol. The van der Waals surface area contributed by atoms with Gasteiger partial charge in [-0.1, -0.05) is 11.6 Å². The van der Waals surface area contributed by atoms with Crippen molar-refractivity contribution in [3.63, 3.8) is 0 Å². The van der Waals surface area contributed by atoms with E-state index in [1.807, 2.05) is 0 Å². The number of halogens is 1. The molecule has 98 valence electrons. The summed E-state index contributed by atoms with van der Waals surface area (Å²) >= 11 is 10.1. The minimum Gasteiger partial charge on any atom is -0.348 e. The third kappa shape index (κ3) is 3.18. The third-order valence-electron chi connectivity index (χ3n) is 2.76. The zero-order valence-corrected chi connectivity index (χ0v) is 11.9. The molecule has 18 heavy (non-hydrogen) atoms. The fraction of sp³-hybridized carbons (Fsp3) is 0.364. The number of amides is 1. The first-order valence-electron chi connectivity index (χ1n) is 5.37. The van der Waals surface area contributed by atoms with E-state index in [0.717, 1.165) is 0 Å². The number of rotatable bonds is 2. The predicted octanol–water partition coefficient (Wildman–Crippen LogP) is 1.55. The Labute approximate surface area is 116 Å². The standard InChI is InChI=1S/C11H12ClNO3S2/c12-10-2-1-8(17)5-9(10)11(14)13-7-3-4-18(15,16)6-7/h1-2,5,7,17H,3-4,6H2,(H,13,14). The Kier molecular flexibility index (Phi) is 3.89. The highest BCUT2D eigenvalue weighted by atomic mass is 35.5. The van der Waals surface area contributed by atoms with E-state index in [2.05, 4.69) is 17.9 Å². The molecular formula is C11H12ClNO3S2. The zero-order chi connectivity index (χ0) is 13.3. The normalized spacial score (nSPS) is 21.8. The van der Waals surface area contributed by atoms with Crippen LogP contribution in [-0.2, 0) is 9.84 Å². The molecule has 1 saturated heterocycles. The molecule has 0 spiro atoms. The molecule has 1 aromatic carbocycles. The lowest BCUT2D eigenvalue weighted by Crippen LogP contribution is -2.35.